The predicted molar refractivity (Wildman–Crippen MR) is 135 cm³/mol. The second-order valence-corrected chi connectivity index (χ2v) is 8.48. The molecule has 0 bridgehead atoms. The van der Waals surface area contributed by atoms with Crippen molar-refractivity contribution in [3.8, 4) is 16.3 Å². The number of nitrogens with two attached hydrogens (primary N) is 1. The first kappa shape index (κ1) is 23.7. The molecule has 35 heavy (non-hydrogen) atoms. The van der Waals surface area contributed by atoms with Gasteiger partial charge in [-0.1, -0.05) is 24.3 Å². The van der Waals surface area contributed by atoms with Crippen LogP contribution in [0.2, 0.25) is 0 Å². The molecule has 4 rings (SSSR count). The standard InChI is InChI=1S/C26H22N4O4S/c1-17(26(33)28-20-12-9-18(10-13-20)25(27)32)34-23(31)14-11-19-16-30(21-6-3-2-4-7-21)29-24(19)22-8-5-15-35-22/h2-17H,1H3,(H2,27,32)(H,28,33)/b14-11+. The quantitative estimate of drug-likeness (QED) is 0.285. The van der Waals surface area contributed by atoms with Crippen LogP contribution < -0.4 is 11.1 Å². The highest BCUT2D eigenvalue weighted by Gasteiger charge is 2.17. The molecule has 0 saturated carbocycles. The lowest BCUT2D eigenvalue weighted by Crippen LogP contribution is -2.29. The van der Waals surface area contributed by atoms with Crippen molar-refractivity contribution in [2.24, 2.45) is 5.73 Å². The van der Waals surface area contributed by atoms with Crippen molar-refractivity contribution >= 4 is 40.9 Å². The zero-order chi connectivity index (χ0) is 24.8. The molecule has 1 unspecified atom stereocenters. The summed E-state index contributed by atoms with van der Waals surface area (Å²) in [5, 5.41) is 9.28. The van der Waals surface area contributed by atoms with E-state index < -0.39 is 23.9 Å². The second kappa shape index (κ2) is 10.6. The van der Waals surface area contributed by atoms with Gasteiger partial charge in [-0.3, -0.25) is 9.59 Å². The minimum absolute atomic E-state index is 0.324. The third kappa shape index (κ3) is 5.90. The van der Waals surface area contributed by atoms with Gasteiger partial charge in [0.05, 0.1) is 10.6 Å². The molecule has 0 aliphatic rings. The number of ether oxygens (including phenoxy) is 1. The number of nitrogens with zero attached hydrogens (tertiary/aromatic N) is 2. The van der Waals surface area contributed by atoms with E-state index in [1.165, 1.54) is 25.1 Å². The van der Waals surface area contributed by atoms with Crippen LogP contribution in [0, 0.1) is 0 Å². The van der Waals surface area contributed by atoms with E-state index in [1.807, 2.05) is 54.0 Å². The van der Waals surface area contributed by atoms with Crippen molar-refractivity contribution in [2.45, 2.75) is 13.0 Å². The van der Waals surface area contributed by atoms with Gasteiger partial charge >= 0.3 is 5.97 Å². The van der Waals surface area contributed by atoms with E-state index in [0.29, 0.717) is 11.3 Å². The first-order chi connectivity index (χ1) is 16.9. The van der Waals surface area contributed by atoms with Crippen molar-refractivity contribution in [3.63, 3.8) is 0 Å². The van der Waals surface area contributed by atoms with Crippen LogP contribution in [0.3, 0.4) is 0 Å². The maximum absolute atomic E-state index is 12.4. The molecule has 4 aromatic rings. The van der Waals surface area contributed by atoms with Gasteiger partial charge in [0.1, 0.15) is 5.69 Å². The number of hydrogen-bond donors (Lipinski definition) is 2. The number of rotatable bonds is 8. The average Bonchev–Trinajstić information content (AvgIpc) is 3.53. The molecule has 0 radical (unpaired) electrons. The third-order valence-electron chi connectivity index (χ3n) is 5.02. The fraction of sp³-hybridized carbons (Fsp3) is 0.0769. The van der Waals surface area contributed by atoms with Crippen LogP contribution in [-0.4, -0.2) is 33.7 Å². The van der Waals surface area contributed by atoms with E-state index in [0.717, 1.165) is 21.8 Å². The second-order valence-electron chi connectivity index (χ2n) is 7.53. The summed E-state index contributed by atoms with van der Waals surface area (Å²) in [5.41, 5.74) is 8.35. The number of para-hydroxylation sites is 1. The van der Waals surface area contributed by atoms with E-state index in [-0.39, 0.29) is 0 Å². The number of amides is 2. The van der Waals surface area contributed by atoms with Gasteiger partial charge in [0.25, 0.3) is 5.91 Å². The molecule has 176 valence electrons. The fourth-order valence-electron chi connectivity index (χ4n) is 3.21. The highest BCUT2D eigenvalue weighted by Crippen LogP contribution is 2.28. The third-order valence-corrected chi connectivity index (χ3v) is 5.89. The molecular weight excluding hydrogens is 464 g/mol. The SMILES string of the molecule is CC(OC(=O)/C=C/c1cn(-c2ccccc2)nc1-c1cccs1)C(=O)Nc1ccc(C(N)=O)cc1. The number of carbonyl (C=O) groups excluding carboxylic acids is 3. The Bertz CT molecular complexity index is 1360. The van der Waals surface area contributed by atoms with Crippen molar-refractivity contribution < 1.29 is 19.1 Å². The van der Waals surface area contributed by atoms with Crippen molar-refractivity contribution in [2.75, 3.05) is 5.32 Å². The number of aromatic nitrogens is 2. The summed E-state index contributed by atoms with van der Waals surface area (Å²) in [6, 6.07) is 19.6. The van der Waals surface area contributed by atoms with Crippen LogP contribution in [0.5, 0.6) is 0 Å². The van der Waals surface area contributed by atoms with E-state index in [4.69, 9.17) is 10.5 Å². The van der Waals surface area contributed by atoms with E-state index in [2.05, 4.69) is 10.4 Å². The van der Waals surface area contributed by atoms with Gasteiger partial charge < -0.3 is 15.8 Å². The van der Waals surface area contributed by atoms with Gasteiger partial charge in [-0.25, -0.2) is 9.48 Å². The molecule has 1 atom stereocenters. The van der Waals surface area contributed by atoms with Gasteiger partial charge in [0.2, 0.25) is 5.91 Å². The maximum atomic E-state index is 12.4. The zero-order valence-corrected chi connectivity index (χ0v) is 19.6. The Labute approximate surface area is 205 Å². The smallest absolute Gasteiger partial charge is 0.331 e. The topological polar surface area (TPSA) is 116 Å². The van der Waals surface area contributed by atoms with Crippen molar-refractivity contribution in [1.29, 1.82) is 0 Å². The monoisotopic (exact) mass is 486 g/mol. The Morgan fingerprint density at radius 3 is 2.46 bits per heavy atom. The predicted octanol–water partition coefficient (Wildman–Crippen LogP) is 4.28. The summed E-state index contributed by atoms with van der Waals surface area (Å²) in [6.07, 6.45) is 3.69. The van der Waals surface area contributed by atoms with Crippen molar-refractivity contribution in [3.05, 3.63) is 95.5 Å². The van der Waals surface area contributed by atoms with Crippen LogP contribution in [0.4, 0.5) is 5.69 Å². The molecule has 0 aliphatic carbocycles. The van der Waals surface area contributed by atoms with Crippen LogP contribution >= 0.6 is 11.3 Å². The molecule has 0 saturated heterocycles. The molecule has 8 nitrogen and oxygen atoms in total. The Kier molecular flexibility index (Phi) is 7.18. The summed E-state index contributed by atoms with van der Waals surface area (Å²) in [5.74, 6) is -1.73. The normalized spacial score (nSPS) is 11.8. The minimum atomic E-state index is -1.04. The van der Waals surface area contributed by atoms with E-state index >= 15 is 0 Å². The molecule has 0 fully saturated rings. The number of benzene rings is 2. The maximum Gasteiger partial charge on any atom is 0.331 e. The van der Waals surface area contributed by atoms with Crippen LogP contribution in [0.1, 0.15) is 22.8 Å². The lowest BCUT2D eigenvalue weighted by Gasteiger charge is -2.12. The molecule has 3 N–H and O–H groups in total. The number of hydrogen-bond acceptors (Lipinski definition) is 6. The molecule has 0 spiro atoms. The Morgan fingerprint density at radius 2 is 1.80 bits per heavy atom. The molecule has 0 aliphatic heterocycles. The lowest BCUT2D eigenvalue weighted by molar-refractivity contribution is -0.148. The summed E-state index contributed by atoms with van der Waals surface area (Å²) >= 11 is 1.55. The minimum Gasteiger partial charge on any atom is -0.449 e. The van der Waals surface area contributed by atoms with Gasteiger partial charge in [-0.2, -0.15) is 5.10 Å². The lowest BCUT2D eigenvalue weighted by atomic mass is 10.2. The molecule has 2 aromatic carbocycles. The molecule has 2 aromatic heterocycles. The highest BCUT2D eigenvalue weighted by atomic mass is 32.1. The number of esters is 1. The van der Waals surface area contributed by atoms with Crippen molar-refractivity contribution in [1.82, 2.24) is 9.78 Å². The van der Waals surface area contributed by atoms with Gasteiger partial charge in [-0.05, 0) is 60.8 Å². The first-order valence-corrected chi connectivity index (χ1v) is 11.6. The average molecular weight is 487 g/mol. The molecular formula is C26H22N4O4S. The highest BCUT2D eigenvalue weighted by molar-refractivity contribution is 7.13. The van der Waals surface area contributed by atoms with Crippen LogP contribution in [0.15, 0.2) is 84.4 Å². The molecule has 2 heterocycles. The first-order valence-electron chi connectivity index (χ1n) is 10.7. The zero-order valence-electron chi connectivity index (χ0n) is 18.8. The summed E-state index contributed by atoms with van der Waals surface area (Å²) in [6.45, 7) is 1.48. The Balaban J connectivity index is 1.43. The van der Waals surface area contributed by atoms with Crippen LogP contribution in [-0.2, 0) is 14.3 Å². The largest absolute Gasteiger partial charge is 0.449 e. The number of nitrogens with one attached hydrogen (secondary N) is 1. The molecule has 2 amide bonds. The van der Waals surface area contributed by atoms with E-state index in [1.54, 1.807) is 34.2 Å². The van der Waals surface area contributed by atoms with Gasteiger partial charge in [0.15, 0.2) is 6.10 Å². The number of carbonyl (C=O) groups is 3. The van der Waals surface area contributed by atoms with Gasteiger partial charge in [0, 0.05) is 29.1 Å². The summed E-state index contributed by atoms with van der Waals surface area (Å²) in [4.78, 5) is 36.9. The fourth-order valence-corrected chi connectivity index (χ4v) is 3.94. The Morgan fingerprint density at radius 1 is 1.06 bits per heavy atom. The number of anilines is 1. The van der Waals surface area contributed by atoms with Gasteiger partial charge in [-0.15, -0.1) is 11.3 Å². The number of primary amides is 1. The molecule has 9 heteroatoms. The Hall–Kier alpha value is -4.50. The number of thiophene rings is 1. The summed E-state index contributed by atoms with van der Waals surface area (Å²) < 4.78 is 7.00. The van der Waals surface area contributed by atoms with Crippen LogP contribution in [0.25, 0.3) is 22.3 Å². The summed E-state index contributed by atoms with van der Waals surface area (Å²) in [7, 11) is 0. The van der Waals surface area contributed by atoms with E-state index in [9.17, 15) is 14.4 Å².